The molecule has 2 aromatic carbocycles. The highest BCUT2D eigenvalue weighted by Crippen LogP contribution is 2.24. The number of carbonyl (C=O) groups is 2. The molecule has 0 saturated carbocycles. The van der Waals surface area contributed by atoms with Crippen molar-refractivity contribution in [2.45, 2.75) is 39.2 Å². The average molecular weight is 569 g/mol. The lowest BCUT2D eigenvalue weighted by Gasteiger charge is -2.22. The third kappa shape index (κ3) is 7.10. The molecule has 11 heteroatoms. The van der Waals surface area contributed by atoms with Crippen molar-refractivity contribution >= 4 is 34.8 Å². The molecule has 1 fully saturated rings. The van der Waals surface area contributed by atoms with Crippen LogP contribution in [0, 0.1) is 5.92 Å². The summed E-state index contributed by atoms with van der Waals surface area (Å²) in [6.07, 6.45) is 5.26. The van der Waals surface area contributed by atoms with Crippen molar-refractivity contribution in [1.82, 2.24) is 24.9 Å². The van der Waals surface area contributed by atoms with Gasteiger partial charge >= 0.3 is 6.01 Å². The van der Waals surface area contributed by atoms with Crippen LogP contribution in [0.2, 0.25) is 0 Å². The van der Waals surface area contributed by atoms with Gasteiger partial charge in [-0.25, -0.2) is 0 Å². The van der Waals surface area contributed by atoms with E-state index in [0.29, 0.717) is 53.6 Å². The minimum Gasteiger partial charge on any atom is -0.463 e. The largest absolute Gasteiger partial charge is 0.463 e. The van der Waals surface area contributed by atoms with Crippen LogP contribution in [0.4, 0.5) is 17.3 Å². The van der Waals surface area contributed by atoms with Gasteiger partial charge in [0.05, 0.1) is 12.8 Å². The van der Waals surface area contributed by atoms with Gasteiger partial charge in [0.15, 0.2) is 5.65 Å². The van der Waals surface area contributed by atoms with E-state index in [-0.39, 0.29) is 17.7 Å². The highest BCUT2D eigenvalue weighted by molar-refractivity contribution is 6.06. The van der Waals surface area contributed by atoms with Crippen LogP contribution in [0.1, 0.15) is 54.1 Å². The first-order valence-corrected chi connectivity index (χ1v) is 14.2. The molecule has 5 rings (SSSR count). The van der Waals surface area contributed by atoms with Crippen LogP contribution in [0.5, 0.6) is 6.01 Å². The minimum absolute atomic E-state index is 0.236. The van der Waals surface area contributed by atoms with E-state index in [1.54, 1.807) is 28.8 Å². The number of fused-ring (bicyclic) bond motifs is 1. The van der Waals surface area contributed by atoms with Crippen molar-refractivity contribution in [1.29, 1.82) is 0 Å². The Labute approximate surface area is 244 Å². The molecule has 1 saturated heterocycles. The van der Waals surface area contributed by atoms with Crippen molar-refractivity contribution < 1.29 is 14.3 Å². The number of piperidine rings is 1. The summed E-state index contributed by atoms with van der Waals surface area (Å²) in [5, 5.41) is 16.9. The molecule has 0 bridgehead atoms. The van der Waals surface area contributed by atoms with Gasteiger partial charge in [0.25, 0.3) is 5.91 Å². The fourth-order valence-electron chi connectivity index (χ4n) is 4.79. The number of nitrogens with zero attached hydrogens (tertiary/aromatic N) is 4. The summed E-state index contributed by atoms with van der Waals surface area (Å²) in [5.41, 5.74) is 4.23. The van der Waals surface area contributed by atoms with Gasteiger partial charge in [0, 0.05) is 41.5 Å². The van der Waals surface area contributed by atoms with Crippen molar-refractivity contribution in [3.8, 4) is 6.01 Å². The third-order valence-electron chi connectivity index (χ3n) is 7.06. The molecule has 1 atom stereocenters. The number of benzene rings is 2. The first-order chi connectivity index (χ1) is 20.4. The summed E-state index contributed by atoms with van der Waals surface area (Å²) in [5.74, 6) is 0.552. The highest BCUT2D eigenvalue weighted by atomic mass is 16.5. The number of anilines is 3. The molecule has 1 aliphatic heterocycles. The van der Waals surface area contributed by atoms with Gasteiger partial charge in [0.2, 0.25) is 11.9 Å². The van der Waals surface area contributed by atoms with Gasteiger partial charge in [-0.15, -0.1) is 0 Å². The second-order valence-electron chi connectivity index (χ2n) is 10.6. The third-order valence-corrected chi connectivity index (χ3v) is 7.06. The molecule has 11 nitrogen and oxygen atoms in total. The lowest BCUT2D eigenvalue weighted by molar-refractivity contribution is -0.111. The molecule has 3 heterocycles. The first-order valence-electron chi connectivity index (χ1n) is 14.2. The zero-order valence-electron chi connectivity index (χ0n) is 23.9. The van der Waals surface area contributed by atoms with Gasteiger partial charge in [-0.1, -0.05) is 38.6 Å². The molecular formula is C31H36N8O3. The minimum atomic E-state index is -0.343. The van der Waals surface area contributed by atoms with Crippen molar-refractivity contribution in [3.05, 3.63) is 84.1 Å². The number of hydrogen-bond donors (Lipinski definition) is 4. The molecule has 1 aliphatic rings. The van der Waals surface area contributed by atoms with Gasteiger partial charge < -0.3 is 26.0 Å². The lowest BCUT2D eigenvalue weighted by Crippen LogP contribution is -2.33. The maximum Gasteiger partial charge on any atom is 0.321 e. The SMILES string of the molecule is C=CC(=O)Nc1cccc(C(=O)Nc2cccc(CNc3nc(OC[C@@H]4CCCNC4)nc4c(C(C)C)cnn34)c2)c1. The quantitative estimate of drug-likeness (QED) is 0.193. The van der Waals surface area contributed by atoms with Crippen LogP contribution >= 0.6 is 0 Å². The van der Waals surface area contributed by atoms with Gasteiger partial charge in [-0.3, -0.25) is 9.59 Å². The fourth-order valence-corrected chi connectivity index (χ4v) is 4.79. The number of carbonyl (C=O) groups excluding carboxylic acids is 2. The molecule has 4 aromatic rings. The van der Waals surface area contributed by atoms with E-state index in [1.165, 1.54) is 6.08 Å². The fraction of sp³-hybridized carbons (Fsp3) is 0.323. The van der Waals surface area contributed by atoms with Crippen LogP contribution in [-0.4, -0.2) is 51.1 Å². The number of amides is 2. The van der Waals surface area contributed by atoms with E-state index in [9.17, 15) is 9.59 Å². The number of nitrogens with one attached hydrogen (secondary N) is 4. The highest BCUT2D eigenvalue weighted by Gasteiger charge is 2.18. The first kappa shape index (κ1) is 28.7. The zero-order chi connectivity index (χ0) is 29.5. The smallest absolute Gasteiger partial charge is 0.321 e. The normalized spacial score (nSPS) is 14.9. The molecule has 2 amide bonds. The van der Waals surface area contributed by atoms with Crippen LogP contribution in [0.3, 0.4) is 0 Å². The van der Waals surface area contributed by atoms with Crippen LogP contribution in [0.25, 0.3) is 5.65 Å². The number of ether oxygens (including phenoxy) is 1. The van der Waals surface area contributed by atoms with E-state index in [4.69, 9.17) is 9.72 Å². The van der Waals surface area contributed by atoms with Gasteiger partial charge in [-0.2, -0.15) is 19.6 Å². The van der Waals surface area contributed by atoms with Gasteiger partial charge in [0.1, 0.15) is 0 Å². The summed E-state index contributed by atoms with van der Waals surface area (Å²) >= 11 is 0. The summed E-state index contributed by atoms with van der Waals surface area (Å²) in [6, 6.07) is 14.6. The average Bonchev–Trinajstić information content (AvgIpc) is 3.44. The van der Waals surface area contributed by atoms with E-state index in [2.05, 4.69) is 51.8 Å². The monoisotopic (exact) mass is 568 g/mol. The number of aromatic nitrogens is 4. The Morgan fingerprint density at radius 1 is 1.14 bits per heavy atom. The summed E-state index contributed by atoms with van der Waals surface area (Å²) < 4.78 is 7.77. The Morgan fingerprint density at radius 2 is 1.95 bits per heavy atom. The zero-order valence-corrected chi connectivity index (χ0v) is 23.9. The molecule has 2 aromatic heterocycles. The standard InChI is InChI=1S/C31H36N8O3/c1-4-27(40)35-25-12-6-10-23(15-25)29(41)36-24-11-5-8-21(14-24)17-33-30-38-31(42-19-22-9-7-13-32-16-22)37-28-26(20(2)3)18-34-39(28)30/h4-6,8,10-12,14-15,18,20,22,32H,1,7,9,13,16-17,19H2,2-3H3,(H,35,40)(H,36,41)(H,33,37,38)/t22-/m1/s1. The van der Waals surface area contributed by atoms with Crippen LogP contribution < -0.4 is 26.0 Å². The van der Waals surface area contributed by atoms with Crippen molar-refractivity contribution in [2.75, 3.05) is 35.6 Å². The summed E-state index contributed by atoms with van der Waals surface area (Å²) in [4.78, 5) is 33.9. The molecule has 42 heavy (non-hydrogen) atoms. The Morgan fingerprint density at radius 3 is 2.71 bits per heavy atom. The maximum atomic E-state index is 12.9. The lowest BCUT2D eigenvalue weighted by atomic mass is 10.0. The maximum absolute atomic E-state index is 12.9. The molecular weight excluding hydrogens is 532 g/mol. The predicted octanol–water partition coefficient (Wildman–Crippen LogP) is 4.62. The van der Waals surface area contributed by atoms with Crippen molar-refractivity contribution in [2.24, 2.45) is 5.92 Å². The van der Waals surface area contributed by atoms with E-state index in [1.807, 2.05) is 30.5 Å². The molecule has 0 spiro atoms. The van der Waals surface area contributed by atoms with Crippen molar-refractivity contribution in [3.63, 3.8) is 0 Å². The second kappa shape index (κ2) is 13.3. The predicted molar refractivity (Wildman–Crippen MR) is 163 cm³/mol. The molecule has 218 valence electrons. The Balaban J connectivity index is 1.29. The molecule has 4 N–H and O–H groups in total. The Bertz CT molecular complexity index is 1580. The van der Waals surface area contributed by atoms with E-state index >= 15 is 0 Å². The van der Waals surface area contributed by atoms with E-state index < -0.39 is 0 Å². The summed E-state index contributed by atoms with van der Waals surface area (Å²) in [6.45, 7) is 10.6. The van der Waals surface area contributed by atoms with Gasteiger partial charge in [-0.05, 0) is 67.3 Å². The topological polar surface area (TPSA) is 135 Å². The number of hydrogen-bond acceptors (Lipinski definition) is 8. The van der Waals surface area contributed by atoms with E-state index in [0.717, 1.165) is 37.1 Å². The Hall–Kier alpha value is -4.77. The van der Waals surface area contributed by atoms with Crippen LogP contribution in [0.15, 0.2) is 67.4 Å². The second-order valence-corrected chi connectivity index (χ2v) is 10.6. The Kier molecular flexibility index (Phi) is 9.08. The summed E-state index contributed by atoms with van der Waals surface area (Å²) in [7, 11) is 0. The molecule has 0 radical (unpaired) electrons. The molecule has 0 unspecified atom stereocenters. The number of rotatable bonds is 11. The van der Waals surface area contributed by atoms with Crippen LogP contribution in [-0.2, 0) is 11.3 Å². The molecule has 0 aliphatic carbocycles.